The fourth-order valence-corrected chi connectivity index (χ4v) is 2.50. The summed E-state index contributed by atoms with van der Waals surface area (Å²) in [5, 5.41) is 11.6. The summed E-state index contributed by atoms with van der Waals surface area (Å²) in [6.07, 6.45) is 8.72. The van der Waals surface area contributed by atoms with Crippen LogP contribution in [-0.4, -0.2) is 21.0 Å². The molecule has 2 rings (SSSR count). The molecular formula is C12H22N4. The van der Waals surface area contributed by atoms with Crippen molar-refractivity contribution < 1.29 is 0 Å². The van der Waals surface area contributed by atoms with Crippen molar-refractivity contribution in [3.8, 4) is 0 Å². The van der Waals surface area contributed by atoms with Gasteiger partial charge in [-0.1, -0.05) is 18.6 Å². The lowest BCUT2D eigenvalue weighted by atomic mass is 9.84. The fourth-order valence-electron chi connectivity index (χ4n) is 2.50. The van der Waals surface area contributed by atoms with Crippen LogP contribution in [0.4, 0.5) is 0 Å². The lowest BCUT2D eigenvalue weighted by Crippen LogP contribution is -2.32. The van der Waals surface area contributed by atoms with Gasteiger partial charge in [0.15, 0.2) is 0 Å². The molecule has 4 heteroatoms. The molecule has 0 spiro atoms. The van der Waals surface area contributed by atoms with Gasteiger partial charge in [0.25, 0.3) is 0 Å². The first kappa shape index (κ1) is 11.6. The Morgan fingerprint density at radius 2 is 2.12 bits per heavy atom. The smallest absolute Gasteiger partial charge is 0.0964 e. The molecule has 1 fully saturated rings. The van der Waals surface area contributed by atoms with Gasteiger partial charge in [-0.15, -0.1) is 5.10 Å². The number of rotatable bonds is 4. The second kappa shape index (κ2) is 5.43. The third-order valence-corrected chi connectivity index (χ3v) is 3.65. The van der Waals surface area contributed by atoms with Gasteiger partial charge in [0.2, 0.25) is 0 Å². The van der Waals surface area contributed by atoms with E-state index in [9.17, 15) is 0 Å². The van der Waals surface area contributed by atoms with Gasteiger partial charge >= 0.3 is 0 Å². The molecule has 16 heavy (non-hydrogen) atoms. The summed E-state index contributed by atoms with van der Waals surface area (Å²) in [7, 11) is 1.91. The summed E-state index contributed by atoms with van der Waals surface area (Å²) in [6.45, 7) is 3.16. The quantitative estimate of drug-likeness (QED) is 0.845. The lowest BCUT2D eigenvalue weighted by molar-refractivity contribution is 0.284. The first-order chi connectivity index (χ1) is 7.78. The molecule has 4 nitrogen and oxygen atoms in total. The highest BCUT2D eigenvalue weighted by molar-refractivity contribution is 4.92. The van der Waals surface area contributed by atoms with Crippen LogP contribution >= 0.6 is 0 Å². The van der Waals surface area contributed by atoms with Crippen molar-refractivity contribution in [3.05, 3.63) is 11.9 Å². The maximum Gasteiger partial charge on any atom is 0.0964 e. The molecule has 0 saturated heterocycles. The minimum atomic E-state index is 0.685. The molecule has 90 valence electrons. The fraction of sp³-hybridized carbons (Fsp3) is 0.833. The Hall–Kier alpha value is -0.900. The van der Waals surface area contributed by atoms with E-state index in [0.29, 0.717) is 6.04 Å². The normalized spacial score (nSPS) is 25.9. The van der Waals surface area contributed by atoms with Crippen LogP contribution in [0.15, 0.2) is 6.20 Å². The Kier molecular flexibility index (Phi) is 3.93. The highest BCUT2D eigenvalue weighted by atomic mass is 15.4. The molecule has 1 aliphatic carbocycles. The molecule has 1 aliphatic rings. The SMILES string of the molecule is CCC1CCC(NCc2cn(C)nn2)CC1. The summed E-state index contributed by atoms with van der Waals surface area (Å²) in [4.78, 5) is 0. The molecule has 0 aromatic carbocycles. The van der Waals surface area contributed by atoms with Crippen molar-refractivity contribution >= 4 is 0 Å². The van der Waals surface area contributed by atoms with E-state index < -0.39 is 0 Å². The Labute approximate surface area is 97.4 Å². The minimum absolute atomic E-state index is 0.685. The van der Waals surface area contributed by atoms with Crippen LogP contribution in [0.2, 0.25) is 0 Å². The first-order valence-electron chi connectivity index (χ1n) is 6.36. The van der Waals surface area contributed by atoms with Gasteiger partial charge in [0.05, 0.1) is 5.69 Å². The average molecular weight is 222 g/mol. The standard InChI is InChI=1S/C12H22N4/c1-3-10-4-6-11(7-5-10)13-8-12-9-16(2)15-14-12/h9-11,13H,3-8H2,1-2H3. The van der Waals surface area contributed by atoms with E-state index in [4.69, 9.17) is 0 Å². The van der Waals surface area contributed by atoms with Gasteiger partial charge in [0.1, 0.15) is 0 Å². The summed E-state index contributed by atoms with van der Waals surface area (Å²) in [5.74, 6) is 0.967. The number of nitrogens with zero attached hydrogens (tertiary/aromatic N) is 3. The Balaban J connectivity index is 1.71. The topological polar surface area (TPSA) is 42.7 Å². The second-order valence-corrected chi connectivity index (χ2v) is 4.89. The van der Waals surface area contributed by atoms with E-state index in [1.54, 1.807) is 4.68 Å². The Morgan fingerprint density at radius 3 is 2.69 bits per heavy atom. The van der Waals surface area contributed by atoms with Crippen molar-refractivity contribution in [1.29, 1.82) is 0 Å². The van der Waals surface area contributed by atoms with E-state index in [2.05, 4.69) is 22.6 Å². The summed E-state index contributed by atoms with van der Waals surface area (Å²) < 4.78 is 1.75. The molecule has 0 radical (unpaired) electrons. The number of aromatic nitrogens is 3. The molecule has 0 unspecified atom stereocenters. The van der Waals surface area contributed by atoms with E-state index in [-0.39, 0.29) is 0 Å². The average Bonchev–Trinajstić information content (AvgIpc) is 2.73. The van der Waals surface area contributed by atoms with Crippen LogP contribution in [0.25, 0.3) is 0 Å². The van der Waals surface area contributed by atoms with Gasteiger partial charge in [-0.2, -0.15) is 0 Å². The predicted molar refractivity (Wildman–Crippen MR) is 63.9 cm³/mol. The maximum absolute atomic E-state index is 4.08. The van der Waals surface area contributed by atoms with Gasteiger partial charge < -0.3 is 5.32 Å². The van der Waals surface area contributed by atoms with Gasteiger partial charge in [-0.05, 0) is 31.6 Å². The lowest BCUT2D eigenvalue weighted by Gasteiger charge is -2.28. The number of hydrogen-bond acceptors (Lipinski definition) is 3. The Bertz CT molecular complexity index is 313. The molecule has 1 aromatic heterocycles. The van der Waals surface area contributed by atoms with E-state index in [0.717, 1.165) is 18.2 Å². The van der Waals surface area contributed by atoms with Crippen molar-refractivity contribution in [2.24, 2.45) is 13.0 Å². The zero-order chi connectivity index (χ0) is 11.4. The van der Waals surface area contributed by atoms with Crippen molar-refractivity contribution in [2.75, 3.05) is 0 Å². The van der Waals surface area contributed by atoms with Crippen LogP contribution in [0.3, 0.4) is 0 Å². The van der Waals surface area contributed by atoms with Crippen molar-refractivity contribution in [1.82, 2.24) is 20.3 Å². The predicted octanol–water partition coefficient (Wildman–Crippen LogP) is 1.87. The van der Waals surface area contributed by atoms with Crippen LogP contribution in [0.5, 0.6) is 0 Å². The zero-order valence-electron chi connectivity index (χ0n) is 10.3. The molecule has 1 saturated carbocycles. The maximum atomic E-state index is 4.08. The Morgan fingerprint density at radius 1 is 1.38 bits per heavy atom. The molecule has 1 heterocycles. The first-order valence-corrected chi connectivity index (χ1v) is 6.36. The summed E-state index contributed by atoms with van der Waals surface area (Å²) in [6, 6.07) is 0.685. The van der Waals surface area contributed by atoms with E-state index >= 15 is 0 Å². The molecule has 0 atom stereocenters. The largest absolute Gasteiger partial charge is 0.308 e. The molecule has 0 aliphatic heterocycles. The third kappa shape index (κ3) is 3.04. The number of nitrogens with one attached hydrogen (secondary N) is 1. The highest BCUT2D eigenvalue weighted by Gasteiger charge is 2.19. The highest BCUT2D eigenvalue weighted by Crippen LogP contribution is 2.26. The number of aryl methyl sites for hydroxylation is 1. The second-order valence-electron chi connectivity index (χ2n) is 4.89. The summed E-state index contributed by atoms with van der Waals surface area (Å²) in [5.41, 5.74) is 1.04. The van der Waals surface area contributed by atoms with Gasteiger partial charge in [-0.25, -0.2) is 0 Å². The van der Waals surface area contributed by atoms with Crippen LogP contribution in [0, 0.1) is 5.92 Å². The van der Waals surface area contributed by atoms with E-state index in [1.165, 1.54) is 32.1 Å². The monoisotopic (exact) mass is 222 g/mol. The van der Waals surface area contributed by atoms with Crippen molar-refractivity contribution in [2.45, 2.75) is 51.6 Å². The minimum Gasteiger partial charge on any atom is -0.308 e. The molecule has 0 bridgehead atoms. The molecule has 1 aromatic rings. The molecule has 0 amide bonds. The van der Waals surface area contributed by atoms with Crippen LogP contribution < -0.4 is 5.32 Å². The summed E-state index contributed by atoms with van der Waals surface area (Å²) >= 11 is 0. The van der Waals surface area contributed by atoms with E-state index in [1.807, 2.05) is 13.2 Å². The molecule has 1 N–H and O–H groups in total. The number of hydrogen-bond donors (Lipinski definition) is 1. The van der Waals surface area contributed by atoms with Crippen LogP contribution in [-0.2, 0) is 13.6 Å². The molecular weight excluding hydrogens is 200 g/mol. The third-order valence-electron chi connectivity index (χ3n) is 3.65. The zero-order valence-corrected chi connectivity index (χ0v) is 10.3. The van der Waals surface area contributed by atoms with Gasteiger partial charge in [-0.3, -0.25) is 4.68 Å². The van der Waals surface area contributed by atoms with Crippen LogP contribution in [0.1, 0.15) is 44.7 Å². The van der Waals surface area contributed by atoms with Gasteiger partial charge in [0, 0.05) is 25.8 Å². The van der Waals surface area contributed by atoms with Crippen molar-refractivity contribution in [3.63, 3.8) is 0 Å².